The van der Waals surface area contributed by atoms with Crippen molar-refractivity contribution >= 4 is 50.9 Å². The van der Waals surface area contributed by atoms with Gasteiger partial charge in [0.1, 0.15) is 6.04 Å². The Morgan fingerprint density at radius 2 is 1.97 bits per heavy atom. The molecule has 2 N–H and O–H groups in total. The van der Waals surface area contributed by atoms with Gasteiger partial charge in [0.15, 0.2) is 0 Å². The number of ether oxygens (including phenoxy) is 2. The third-order valence-corrected chi connectivity index (χ3v) is 7.02. The van der Waals surface area contributed by atoms with Crippen LogP contribution in [0.4, 0.5) is 5.69 Å². The van der Waals surface area contributed by atoms with Crippen LogP contribution in [0.25, 0.3) is 21.8 Å². The van der Waals surface area contributed by atoms with Crippen LogP contribution in [0.5, 0.6) is 0 Å². The molecule has 0 radical (unpaired) electrons. The fourth-order valence-corrected chi connectivity index (χ4v) is 5.47. The van der Waals surface area contributed by atoms with E-state index in [4.69, 9.17) is 21.1 Å². The molecule has 2 aliphatic rings. The predicted molar refractivity (Wildman–Crippen MR) is 139 cm³/mol. The van der Waals surface area contributed by atoms with E-state index in [9.17, 15) is 9.59 Å². The number of pyridine rings is 1. The van der Waals surface area contributed by atoms with E-state index in [1.165, 1.54) is 0 Å². The molecule has 1 aromatic carbocycles. The highest BCUT2D eigenvalue weighted by Crippen LogP contribution is 2.33. The molecule has 3 unspecified atom stereocenters. The van der Waals surface area contributed by atoms with Gasteiger partial charge >= 0.3 is 0 Å². The van der Waals surface area contributed by atoms with Crippen LogP contribution in [0.3, 0.4) is 0 Å². The minimum atomic E-state index is -0.627. The summed E-state index contributed by atoms with van der Waals surface area (Å²) < 4.78 is 11.8. The molecule has 5 rings (SSSR count). The Bertz CT molecular complexity index is 1300. The van der Waals surface area contributed by atoms with E-state index in [0.29, 0.717) is 30.3 Å². The van der Waals surface area contributed by atoms with Crippen molar-refractivity contribution in [3.05, 3.63) is 35.6 Å². The first-order valence-corrected chi connectivity index (χ1v) is 12.6. The summed E-state index contributed by atoms with van der Waals surface area (Å²) in [6.07, 6.45) is 3.43. The zero-order chi connectivity index (χ0) is 25.6. The van der Waals surface area contributed by atoms with E-state index in [1.54, 1.807) is 18.5 Å². The summed E-state index contributed by atoms with van der Waals surface area (Å²) in [5.74, 6) is -0.261. The van der Waals surface area contributed by atoms with Gasteiger partial charge < -0.3 is 24.7 Å². The average molecular weight is 514 g/mol. The molecule has 0 aliphatic carbocycles. The number of aromatic amines is 1. The van der Waals surface area contributed by atoms with Crippen LogP contribution < -0.4 is 5.32 Å². The number of hydrogen-bond acceptors (Lipinski definition) is 6. The quantitative estimate of drug-likeness (QED) is 0.554. The van der Waals surface area contributed by atoms with Gasteiger partial charge in [-0.3, -0.25) is 19.5 Å². The van der Waals surface area contributed by atoms with Gasteiger partial charge in [-0.2, -0.15) is 0 Å². The van der Waals surface area contributed by atoms with Crippen LogP contribution in [0.1, 0.15) is 27.7 Å². The highest BCUT2D eigenvalue weighted by atomic mass is 35.5. The van der Waals surface area contributed by atoms with Gasteiger partial charge in [0.2, 0.25) is 11.8 Å². The second-order valence-electron chi connectivity index (χ2n) is 10.5. The normalized spacial score (nSPS) is 24.8. The number of hydrogen-bond donors (Lipinski definition) is 2. The lowest BCUT2D eigenvalue weighted by atomic mass is 10.0. The summed E-state index contributed by atoms with van der Waals surface area (Å²) >= 11 is 6.42. The highest BCUT2D eigenvalue weighted by Gasteiger charge is 2.39. The van der Waals surface area contributed by atoms with Crippen LogP contribution in [0.2, 0.25) is 5.02 Å². The van der Waals surface area contributed by atoms with Gasteiger partial charge in [0.05, 0.1) is 53.9 Å². The molecule has 2 saturated heterocycles. The number of rotatable bonds is 4. The van der Waals surface area contributed by atoms with Gasteiger partial charge in [0.25, 0.3) is 0 Å². The third kappa shape index (κ3) is 5.06. The molecule has 2 aliphatic heterocycles. The topological polar surface area (TPSA) is 99.8 Å². The number of aromatic nitrogens is 2. The predicted octanol–water partition coefficient (Wildman–Crippen LogP) is 3.42. The summed E-state index contributed by atoms with van der Waals surface area (Å²) in [5.41, 5.74) is 1.72. The van der Waals surface area contributed by atoms with Crippen LogP contribution in [0.15, 0.2) is 30.6 Å². The molecule has 3 aromatic rings. The summed E-state index contributed by atoms with van der Waals surface area (Å²) in [7, 11) is 0. The maximum absolute atomic E-state index is 13.6. The van der Waals surface area contributed by atoms with Gasteiger partial charge in [-0.1, -0.05) is 11.6 Å². The molecule has 3 atom stereocenters. The summed E-state index contributed by atoms with van der Waals surface area (Å²) in [6, 6.07) is 4.88. The Kier molecular flexibility index (Phi) is 6.67. The van der Waals surface area contributed by atoms with Gasteiger partial charge in [-0.15, -0.1) is 0 Å². The van der Waals surface area contributed by atoms with E-state index < -0.39 is 11.6 Å². The summed E-state index contributed by atoms with van der Waals surface area (Å²) in [5, 5.41) is 5.43. The smallest absolute Gasteiger partial charge is 0.244 e. The lowest BCUT2D eigenvalue weighted by molar-refractivity contribution is -0.156. The number of nitrogens with zero attached hydrogens (tertiary/aromatic N) is 3. The number of carbonyl (C=O) groups is 2. The minimum absolute atomic E-state index is 0.0132. The van der Waals surface area contributed by atoms with Crippen molar-refractivity contribution in [1.82, 2.24) is 19.8 Å². The van der Waals surface area contributed by atoms with E-state index in [2.05, 4.69) is 15.3 Å². The lowest BCUT2D eigenvalue weighted by Crippen LogP contribution is -2.61. The Balaban J connectivity index is 1.39. The molecule has 192 valence electrons. The first-order valence-electron chi connectivity index (χ1n) is 12.3. The van der Waals surface area contributed by atoms with E-state index in [1.807, 2.05) is 49.6 Å². The number of benzene rings is 1. The van der Waals surface area contributed by atoms with Crippen molar-refractivity contribution in [2.45, 2.75) is 51.5 Å². The largest absolute Gasteiger partial charge is 0.372 e. The molecule has 0 saturated carbocycles. The van der Waals surface area contributed by atoms with Crippen LogP contribution >= 0.6 is 11.6 Å². The first-order chi connectivity index (χ1) is 17.1. The standard InChI is InChI=1S/C26H32ClN5O4/c1-15-10-31(11-16(2)36-15)23(33)12-32-14-26(3,4)35-13-22(32)25(34)30-20-8-17(27)7-19-18-5-6-28-9-21(18)29-24(19)20/h5-9,15-16,22,29H,10-14H2,1-4H3,(H,30,34). The Hall–Kier alpha value is -2.72. The molecular formula is C26H32ClN5O4. The molecule has 0 bridgehead atoms. The summed E-state index contributed by atoms with van der Waals surface area (Å²) in [4.78, 5) is 38.1. The maximum atomic E-state index is 13.6. The van der Waals surface area contributed by atoms with Gasteiger partial charge in [-0.25, -0.2) is 0 Å². The molecule has 0 spiro atoms. The van der Waals surface area contributed by atoms with Crippen LogP contribution in [-0.2, 0) is 19.1 Å². The lowest BCUT2D eigenvalue weighted by Gasteiger charge is -2.43. The minimum Gasteiger partial charge on any atom is -0.372 e. The highest BCUT2D eigenvalue weighted by molar-refractivity contribution is 6.33. The Morgan fingerprint density at radius 3 is 2.72 bits per heavy atom. The number of morpholine rings is 2. The molecule has 36 heavy (non-hydrogen) atoms. The monoisotopic (exact) mass is 513 g/mol. The SMILES string of the molecule is CC1CN(C(=O)CN2CC(C)(C)OCC2C(=O)Nc2cc(Cl)cc3c2[nH]c2cnccc23)CC(C)O1. The van der Waals surface area contributed by atoms with Crippen LogP contribution in [0, 0.1) is 0 Å². The van der Waals surface area contributed by atoms with Crippen molar-refractivity contribution in [3.8, 4) is 0 Å². The van der Waals surface area contributed by atoms with Gasteiger partial charge in [-0.05, 0) is 45.9 Å². The molecule has 10 heteroatoms. The molecule has 2 fully saturated rings. The first kappa shape index (κ1) is 25.0. The number of anilines is 1. The molecular weight excluding hydrogens is 482 g/mol. The van der Waals surface area contributed by atoms with E-state index in [0.717, 1.165) is 21.8 Å². The molecule has 2 aromatic heterocycles. The van der Waals surface area contributed by atoms with Crippen molar-refractivity contribution < 1.29 is 19.1 Å². The number of fused-ring (bicyclic) bond motifs is 3. The number of amides is 2. The molecule has 9 nitrogen and oxygen atoms in total. The van der Waals surface area contributed by atoms with E-state index >= 15 is 0 Å². The van der Waals surface area contributed by atoms with Crippen molar-refractivity contribution in [1.29, 1.82) is 0 Å². The Morgan fingerprint density at radius 1 is 1.22 bits per heavy atom. The molecule has 2 amide bonds. The zero-order valence-electron chi connectivity index (χ0n) is 21.0. The number of halogens is 1. The summed E-state index contributed by atoms with van der Waals surface area (Å²) in [6.45, 7) is 9.73. The maximum Gasteiger partial charge on any atom is 0.244 e. The number of carbonyl (C=O) groups excluding carboxylic acids is 2. The Labute approximate surface area is 215 Å². The van der Waals surface area contributed by atoms with Crippen molar-refractivity contribution in [2.24, 2.45) is 0 Å². The number of nitrogens with one attached hydrogen (secondary N) is 2. The average Bonchev–Trinajstić information content (AvgIpc) is 3.16. The van der Waals surface area contributed by atoms with Gasteiger partial charge in [0, 0.05) is 41.6 Å². The van der Waals surface area contributed by atoms with Crippen molar-refractivity contribution in [2.75, 3.05) is 38.1 Å². The fourth-order valence-electron chi connectivity index (χ4n) is 5.25. The van der Waals surface area contributed by atoms with Crippen LogP contribution in [-0.4, -0.2) is 88.2 Å². The zero-order valence-corrected chi connectivity index (χ0v) is 21.8. The van der Waals surface area contributed by atoms with E-state index in [-0.39, 0.29) is 37.2 Å². The number of H-pyrrole nitrogens is 1. The third-order valence-electron chi connectivity index (χ3n) is 6.80. The second-order valence-corrected chi connectivity index (χ2v) is 10.9. The molecule has 4 heterocycles. The van der Waals surface area contributed by atoms with Crippen molar-refractivity contribution in [3.63, 3.8) is 0 Å². The fraction of sp³-hybridized carbons (Fsp3) is 0.500. The second kappa shape index (κ2) is 9.63.